The quantitative estimate of drug-likeness (QED) is 0.468. The van der Waals surface area contributed by atoms with Gasteiger partial charge in [0.05, 0.1) is 9.50 Å². The molecule has 2 bridgehead atoms. The topological polar surface area (TPSA) is 41.1 Å². The lowest BCUT2D eigenvalue weighted by Crippen LogP contribution is -2.65. The summed E-state index contributed by atoms with van der Waals surface area (Å²) in [6.45, 7) is 8.35. The molecule has 2 aliphatic rings. The number of hydrogen-bond acceptors (Lipinski definition) is 4. The van der Waals surface area contributed by atoms with Crippen LogP contribution >= 0.6 is 39.1 Å². The number of benzene rings is 1. The number of halogens is 4. The van der Waals surface area contributed by atoms with E-state index in [-0.39, 0.29) is 26.2 Å². The predicted octanol–water partition coefficient (Wildman–Crippen LogP) is 5.20. The number of rotatable bonds is 1. The predicted molar refractivity (Wildman–Crippen MR) is 108 cm³/mol. The van der Waals surface area contributed by atoms with Crippen molar-refractivity contribution >= 4 is 55.9 Å². The second-order valence-corrected chi connectivity index (χ2v) is 9.83. The lowest BCUT2D eigenvalue weighted by molar-refractivity contribution is 0.145. The van der Waals surface area contributed by atoms with Crippen LogP contribution in [0.5, 0.6) is 0 Å². The van der Waals surface area contributed by atoms with E-state index in [0.29, 0.717) is 22.3 Å². The lowest BCUT2D eigenvalue weighted by atomic mass is 9.72. The Morgan fingerprint density at radius 3 is 2.77 bits per heavy atom. The summed E-state index contributed by atoms with van der Waals surface area (Å²) in [5.74, 6) is 0.136. The van der Waals surface area contributed by atoms with E-state index in [9.17, 15) is 4.39 Å². The summed E-state index contributed by atoms with van der Waals surface area (Å²) in [5.41, 5.74) is 0.253. The van der Waals surface area contributed by atoms with Gasteiger partial charge < -0.3 is 10.2 Å². The van der Waals surface area contributed by atoms with Gasteiger partial charge in [-0.1, -0.05) is 32.4 Å². The van der Waals surface area contributed by atoms with Crippen molar-refractivity contribution in [3.63, 3.8) is 0 Å². The van der Waals surface area contributed by atoms with Gasteiger partial charge in [0, 0.05) is 30.1 Å². The van der Waals surface area contributed by atoms with Crippen molar-refractivity contribution in [3.05, 3.63) is 26.7 Å². The molecule has 4 nitrogen and oxygen atoms in total. The van der Waals surface area contributed by atoms with E-state index in [2.05, 4.69) is 56.9 Å². The maximum atomic E-state index is 14.7. The summed E-state index contributed by atoms with van der Waals surface area (Å²) < 4.78 is 14.9. The Hall–Kier alpha value is -0.690. The first-order valence-corrected chi connectivity index (χ1v) is 10.2. The molecule has 1 aromatic carbocycles. The molecule has 3 heterocycles. The minimum absolute atomic E-state index is 0.0165. The number of anilines is 1. The average molecular weight is 462 g/mol. The van der Waals surface area contributed by atoms with E-state index in [1.54, 1.807) is 6.07 Å². The van der Waals surface area contributed by atoms with Crippen LogP contribution in [-0.4, -0.2) is 34.6 Å². The normalized spacial score (nSPS) is 26.0. The molecule has 2 unspecified atom stereocenters. The Balaban J connectivity index is 1.87. The van der Waals surface area contributed by atoms with Gasteiger partial charge >= 0.3 is 0 Å². The van der Waals surface area contributed by atoms with E-state index < -0.39 is 5.82 Å². The summed E-state index contributed by atoms with van der Waals surface area (Å²) in [6, 6.07) is 2.09. The molecule has 0 amide bonds. The van der Waals surface area contributed by atoms with Crippen LogP contribution in [0, 0.1) is 11.2 Å². The fraction of sp³-hybridized carbons (Fsp3) is 0.556. The maximum Gasteiger partial charge on any atom is 0.225 e. The average Bonchev–Trinajstić information content (AvgIpc) is 2.88. The summed E-state index contributed by atoms with van der Waals surface area (Å²) in [6.07, 6.45) is 2.22. The summed E-state index contributed by atoms with van der Waals surface area (Å²) in [7, 11) is 0. The van der Waals surface area contributed by atoms with Gasteiger partial charge in [-0.25, -0.2) is 9.37 Å². The van der Waals surface area contributed by atoms with Crippen LogP contribution < -0.4 is 10.2 Å². The van der Waals surface area contributed by atoms with Crippen molar-refractivity contribution in [1.29, 1.82) is 0 Å². The number of piperazine rings is 1. The smallest absolute Gasteiger partial charge is 0.225 e. The third-order valence-corrected chi connectivity index (χ3v) is 7.29. The van der Waals surface area contributed by atoms with Crippen molar-refractivity contribution in [3.8, 4) is 0 Å². The molecule has 1 N–H and O–H groups in total. The van der Waals surface area contributed by atoms with E-state index in [1.807, 2.05) is 0 Å². The van der Waals surface area contributed by atoms with E-state index in [1.165, 1.54) is 0 Å². The highest BCUT2D eigenvalue weighted by atomic mass is 79.9. The summed E-state index contributed by atoms with van der Waals surface area (Å²) >= 11 is 15.5. The van der Waals surface area contributed by atoms with E-state index in [0.717, 1.165) is 25.9 Å². The fourth-order valence-corrected chi connectivity index (χ4v) is 4.89. The molecule has 2 fully saturated rings. The molecule has 2 saturated heterocycles. The van der Waals surface area contributed by atoms with Crippen molar-refractivity contribution in [2.45, 2.75) is 45.2 Å². The highest BCUT2D eigenvalue weighted by molar-refractivity contribution is 9.10. The molecule has 1 aromatic heterocycles. The number of aromatic nitrogens is 2. The minimum atomic E-state index is -0.512. The number of fused-ring (bicyclic) bond motifs is 3. The van der Waals surface area contributed by atoms with Gasteiger partial charge in [-0.3, -0.25) is 0 Å². The van der Waals surface area contributed by atoms with Crippen LogP contribution in [0.2, 0.25) is 10.3 Å². The zero-order valence-electron chi connectivity index (χ0n) is 14.8. The Bertz CT molecular complexity index is 901. The highest BCUT2D eigenvalue weighted by Gasteiger charge is 2.51. The third-order valence-electron chi connectivity index (χ3n) is 5.82. The third kappa shape index (κ3) is 2.81. The van der Waals surface area contributed by atoms with Gasteiger partial charge in [0.1, 0.15) is 11.3 Å². The van der Waals surface area contributed by atoms with Gasteiger partial charge in [-0.15, -0.1) is 0 Å². The molecule has 0 saturated carbocycles. The number of nitrogens with zero attached hydrogens (tertiary/aromatic N) is 3. The van der Waals surface area contributed by atoms with Gasteiger partial charge in [0.2, 0.25) is 5.28 Å². The first kappa shape index (κ1) is 18.7. The van der Waals surface area contributed by atoms with Gasteiger partial charge in [-0.2, -0.15) is 4.98 Å². The molecule has 140 valence electrons. The van der Waals surface area contributed by atoms with Crippen LogP contribution in [0.3, 0.4) is 0 Å². The standard InChI is InChI=1S/C18H20BrCl2FN4/c1-17(2,3)18-5-4-9(25-18)7-26(8-18)15-10-6-11(20)12(19)13(22)14(10)23-16(21)24-15/h6,9,25H,4-5,7-8H2,1-3H3. The first-order valence-electron chi connectivity index (χ1n) is 8.65. The molecule has 0 spiro atoms. The molecule has 0 aliphatic carbocycles. The zero-order chi connectivity index (χ0) is 18.9. The zero-order valence-corrected chi connectivity index (χ0v) is 17.9. The Morgan fingerprint density at radius 1 is 1.35 bits per heavy atom. The molecule has 8 heteroatoms. The summed E-state index contributed by atoms with van der Waals surface area (Å²) in [4.78, 5) is 10.8. The molecular formula is C18H20BrCl2FN4. The molecular weight excluding hydrogens is 442 g/mol. The fourth-order valence-electron chi connectivity index (χ4n) is 4.23. The van der Waals surface area contributed by atoms with Crippen molar-refractivity contribution < 1.29 is 4.39 Å². The van der Waals surface area contributed by atoms with E-state index in [4.69, 9.17) is 23.2 Å². The molecule has 26 heavy (non-hydrogen) atoms. The van der Waals surface area contributed by atoms with Crippen LogP contribution in [0.25, 0.3) is 10.9 Å². The summed E-state index contributed by atoms with van der Waals surface area (Å²) in [5, 5.41) is 4.74. The number of nitrogens with one attached hydrogen (secondary N) is 1. The van der Waals surface area contributed by atoms with Crippen LogP contribution in [0.1, 0.15) is 33.6 Å². The molecule has 4 rings (SSSR count). The van der Waals surface area contributed by atoms with Gasteiger partial charge in [-0.05, 0) is 51.9 Å². The number of hydrogen-bond donors (Lipinski definition) is 1. The SMILES string of the molecule is CC(C)(C)C12CCC(CN(c3nc(Cl)nc4c(F)c(Br)c(Cl)cc34)C1)N2. The van der Waals surface area contributed by atoms with Gasteiger partial charge in [0.25, 0.3) is 0 Å². The Morgan fingerprint density at radius 2 is 2.08 bits per heavy atom. The Kier molecular flexibility index (Phi) is 4.42. The maximum absolute atomic E-state index is 14.7. The monoisotopic (exact) mass is 460 g/mol. The van der Waals surface area contributed by atoms with Crippen molar-refractivity contribution in [2.24, 2.45) is 5.41 Å². The largest absolute Gasteiger partial charge is 0.353 e. The second-order valence-electron chi connectivity index (χ2n) is 8.29. The molecule has 2 aromatic rings. The van der Waals surface area contributed by atoms with Crippen LogP contribution in [-0.2, 0) is 0 Å². The highest BCUT2D eigenvalue weighted by Crippen LogP contribution is 2.44. The van der Waals surface area contributed by atoms with Crippen molar-refractivity contribution in [2.75, 3.05) is 18.0 Å². The van der Waals surface area contributed by atoms with Crippen LogP contribution in [0.15, 0.2) is 10.5 Å². The van der Waals surface area contributed by atoms with Crippen molar-refractivity contribution in [1.82, 2.24) is 15.3 Å². The van der Waals surface area contributed by atoms with Crippen LogP contribution in [0.4, 0.5) is 10.2 Å². The second kappa shape index (κ2) is 6.16. The Labute approximate surface area is 170 Å². The van der Waals surface area contributed by atoms with Gasteiger partial charge in [0.15, 0.2) is 5.82 Å². The minimum Gasteiger partial charge on any atom is -0.353 e. The molecule has 0 radical (unpaired) electrons. The molecule has 2 atom stereocenters. The van der Waals surface area contributed by atoms with E-state index >= 15 is 0 Å². The lowest BCUT2D eigenvalue weighted by Gasteiger charge is -2.49. The first-order chi connectivity index (χ1) is 12.1. The molecule has 2 aliphatic heterocycles.